The maximum atomic E-state index is 13.1. The minimum atomic E-state index is -0.834. The topological polar surface area (TPSA) is 50.9 Å². The SMILES string of the molecule is NNC(CCc1ccccn1)Cc1ccc(F)c(F)c1. The second-order valence-electron chi connectivity index (χ2n) is 4.68. The second-order valence-corrected chi connectivity index (χ2v) is 4.68. The van der Waals surface area contributed by atoms with E-state index in [-0.39, 0.29) is 6.04 Å². The maximum absolute atomic E-state index is 13.1. The van der Waals surface area contributed by atoms with Gasteiger partial charge >= 0.3 is 0 Å². The van der Waals surface area contributed by atoms with E-state index in [0.29, 0.717) is 12.0 Å². The summed E-state index contributed by atoms with van der Waals surface area (Å²) in [6, 6.07) is 9.65. The van der Waals surface area contributed by atoms with Crippen LogP contribution in [-0.4, -0.2) is 11.0 Å². The molecule has 1 atom stereocenters. The molecule has 0 radical (unpaired) electrons. The average Bonchev–Trinajstić information content (AvgIpc) is 2.48. The Morgan fingerprint density at radius 1 is 1.15 bits per heavy atom. The van der Waals surface area contributed by atoms with E-state index in [9.17, 15) is 8.78 Å². The number of aryl methyl sites for hydroxylation is 1. The maximum Gasteiger partial charge on any atom is 0.159 e. The molecule has 3 nitrogen and oxygen atoms in total. The minimum absolute atomic E-state index is 0.0122. The van der Waals surface area contributed by atoms with Gasteiger partial charge in [-0.3, -0.25) is 16.3 Å². The van der Waals surface area contributed by atoms with E-state index in [0.717, 1.165) is 24.6 Å². The molecule has 20 heavy (non-hydrogen) atoms. The Morgan fingerprint density at radius 2 is 2.00 bits per heavy atom. The van der Waals surface area contributed by atoms with Crippen LogP contribution in [0.25, 0.3) is 0 Å². The van der Waals surface area contributed by atoms with Crippen LogP contribution in [-0.2, 0) is 12.8 Å². The van der Waals surface area contributed by atoms with E-state index in [2.05, 4.69) is 10.4 Å². The zero-order valence-electron chi connectivity index (χ0n) is 11.0. The third-order valence-corrected chi connectivity index (χ3v) is 3.18. The van der Waals surface area contributed by atoms with Gasteiger partial charge in [0.1, 0.15) is 0 Å². The van der Waals surface area contributed by atoms with Crippen LogP contribution < -0.4 is 11.3 Å². The molecule has 106 valence electrons. The highest BCUT2D eigenvalue weighted by Gasteiger charge is 2.10. The Balaban J connectivity index is 1.93. The van der Waals surface area contributed by atoms with Crippen molar-refractivity contribution in [3.63, 3.8) is 0 Å². The third kappa shape index (κ3) is 4.08. The van der Waals surface area contributed by atoms with Crippen LogP contribution >= 0.6 is 0 Å². The first-order valence-electron chi connectivity index (χ1n) is 6.49. The summed E-state index contributed by atoms with van der Waals surface area (Å²) >= 11 is 0. The van der Waals surface area contributed by atoms with E-state index in [1.165, 1.54) is 6.07 Å². The molecule has 0 aliphatic carbocycles. The van der Waals surface area contributed by atoms with Gasteiger partial charge in [0.05, 0.1) is 0 Å². The molecule has 0 aliphatic rings. The lowest BCUT2D eigenvalue weighted by molar-refractivity contribution is 0.481. The number of rotatable bonds is 6. The fraction of sp³-hybridized carbons (Fsp3) is 0.267. The lowest BCUT2D eigenvalue weighted by atomic mass is 10.0. The molecule has 3 N–H and O–H groups in total. The van der Waals surface area contributed by atoms with Gasteiger partial charge in [-0.25, -0.2) is 8.78 Å². The molecule has 0 spiro atoms. The summed E-state index contributed by atoms with van der Waals surface area (Å²) in [5.74, 6) is 3.85. The number of aromatic nitrogens is 1. The molecular weight excluding hydrogens is 260 g/mol. The third-order valence-electron chi connectivity index (χ3n) is 3.18. The Kier molecular flexibility index (Phi) is 5.15. The van der Waals surface area contributed by atoms with Crippen molar-refractivity contribution in [2.24, 2.45) is 5.84 Å². The lowest BCUT2D eigenvalue weighted by Gasteiger charge is -2.15. The van der Waals surface area contributed by atoms with Crippen LogP contribution in [0.1, 0.15) is 17.7 Å². The van der Waals surface area contributed by atoms with Crippen molar-refractivity contribution < 1.29 is 8.78 Å². The number of nitrogens with two attached hydrogens (primary N) is 1. The number of hydrazine groups is 1. The van der Waals surface area contributed by atoms with Gasteiger partial charge < -0.3 is 0 Å². The standard InChI is InChI=1S/C15H17F2N3/c16-14-7-4-11(10-15(14)17)9-13(20-18)6-5-12-3-1-2-8-19-12/h1-4,7-8,10,13,20H,5-6,9,18H2. The van der Waals surface area contributed by atoms with E-state index in [4.69, 9.17) is 5.84 Å². The van der Waals surface area contributed by atoms with E-state index >= 15 is 0 Å². The van der Waals surface area contributed by atoms with Gasteiger partial charge in [0.2, 0.25) is 0 Å². The molecular formula is C15H17F2N3. The van der Waals surface area contributed by atoms with Gasteiger partial charge in [-0.2, -0.15) is 0 Å². The minimum Gasteiger partial charge on any atom is -0.271 e. The molecule has 0 amide bonds. The highest BCUT2D eigenvalue weighted by atomic mass is 19.2. The van der Waals surface area contributed by atoms with E-state index in [1.54, 1.807) is 12.3 Å². The summed E-state index contributed by atoms with van der Waals surface area (Å²) in [7, 11) is 0. The lowest BCUT2D eigenvalue weighted by Crippen LogP contribution is -2.37. The predicted molar refractivity (Wildman–Crippen MR) is 73.7 cm³/mol. The second kappa shape index (κ2) is 7.07. The first kappa shape index (κ1) is 14.6. The largest absolute Gasteiger partial charge is 0.271 e. The van der Waals surface area contributed by atoms with Gasteiger partial charge in [0.25, 0.3) is 0 Å². The highest BCUT2D eigenvalue weighted by molar-refractivity contribution is 5.19. The highest BCUT2D eigenvalue weighted by Crippen LogP contribution is 2.12. The molecule has 0 bridgehead atoms. The molecule has 5 heteroatoms. The predicted octanol–water partition coefficient (Wildman–Crippen LogP) is 2.37. The molecule has 2 rings (SSSR count). The summed E-state index contributed by atoms with van der Waals surface area (Å²) in [6.45, 7) is 0. The van der Waals surface area contributed by atoms with Crippen LogP contribution in [0, 0.1) is 11.6 Å². The van der Waals surface area contributed by atoms with Crippen LogP contribution in [0.2, 0.25) is 0 Å². The number of nitrogens with one attached hydrogen (secondary N) is 1. The molecule has 0 saturated heterocycles. The molecule has 1 unspecified atom stereocenters. The zero-order valence-corrected chi connectivity index (χ0v) is 11.0. The van der Waals surface area contributed by atoms with Gasteiger partial charge in [-0.15, -0.1) is 0 Å². The molecule has 1 heterocycles. The Morgan fingerprint density at radius 3 is 2.65 bits per heavy atom. The molecule has 1 aromatic carbocycles. The average molecular weight is 277 g/mol. The van der Waals surface area contributed by atoms with Crippen molar-refractivity contribution in [2.75, 3.05) is 0 Å². The number of hydrogen-bond acceptors (Lipinski definition) is 3. The van der Waals surface area contributed by atoms with Crippen molar-refractivity contribution in [1.82, 2.24) is 10.4 Å². The number of nitrogens with zero attached hydrogens (tertiary/aromatic N) is 1. The van der Waals surface area contributed by atoms with Gasteiger partial charge in [0, 0.05) is 17.9 Å². The summed E-state index contributed by atoms with van der Waals surface area (Å²) in [5, 5.41) is 0. The smallest absolute Gasteiger partial charge is 0.159 e. The number of hydrogen-bond donors (Lipinski definition) is 2. The molecule has 1 aromatic heterocycles. The molecule has 0 aliphatic heterocycles. The van der Waals surface area contributed by atoms with Gasteiger partial charge in [-0.05, 0) is 49.1 Å². The number of halogens is 2. The first-order chi connectivity index (χ1) is 9.69. The van der Waals surface area contributed by atoms with E-state index in [1.807, 2.05) is 18.2 Å². The Labute approximate surface area is 116 Å². The van der Waals surface area contributed by atoms with Crippen LogP contribution in [0.4, 0.5) is 8.78 Å². The summed E-state index contributed by atoms with van der Waals surface area (Å²) in [4.78, 5) is 4.24. The number of pyridine rings is 1. The number of benzene rings is 1. The first-order valence-corrected chi connectivity index (χ1v) is 6.49. The monoisotopic (exact) mass is 277 g/mol. The Bertz CT molecular complexity index is 546. The fourth-order valence-corrected chi connectivity index (χ4v) is 2.06. The van der Waals surface area contributed by atoms with Crippen LogP contribution in [0.15, 0.2) is 42.6 Å². The van der Waals surface area contributed by atoms with Gasteiger partial charge in [-0.1, -0.05) is 12.1 Å². The van der Waals surface area contributed by atoms with Crippen LogP contribution in [0.3, 0.4) is 0 Å². The summed E-state index contributed by atoms with van der Waals surface area (Å²) in [5.41, 5.74) is 4.41. The molecule has 2 aromatic rings. The van der Waals surface area contributed by atoms with Crippen molar-refractivity contribution in [3.05, 3.63) is 65.5 Å². The zero-order chi connectivity index (χ0) is 14.4. The summed E-state index contributed by atoms with van der Waals surface area (Å²) < 4.78 is 26.0. The van der Waals surface area contributed by atoms with Crippen LogP contribution in [0.5, 0.6) is 0 Å². The molecule has 0 fully saturated rings. The fourth-order valence-electron chi connectivity index (χ4n) is 2.06. The molecule has 0 saturated carbocycles. The normalized spacial score (nSPS) is 12.3. The van der Waals surface area contributed by atoms with Gasteiger partial charge in [0.15, 0.2) is 11.6 Å². The van der Waals surface area contributed by atoms with E-state index < -0.39 is 11.6 Å². The van der Waals surface area contributed by atoms with Crippen molar-refractivity contribution in [1.29, 1.82) is 0 Å². The Hall–Kier alpha value is -1.85. The quantitative estimate of drug-likeness (QED) is 0.629. The van der Waals surface area contributed by atoms with Crippen molar-refractivity contribution in [3.8, 4) is 0 Å². The van der Waals surface area contributed by atoms with Crippen molar-refractivity contribution in [2.45, 2.75) is 25.3 Å². The summed E-state index contributed by atoms with van der Waals surface area (Å²) in [6.07, 6.45) is 3.84. The van der Waals surface area contributed by atoms with Crippen molar-refractivity contribution >= 4 is 0 Å².